The van der Waals surface area contributed by atoms with Crippen LogP contribution in [-0.4, -0.2) is 35.3 Å². The van der Waals surface area contributed by atoms with Crippen molar-refractivity contribution in [2.24, 2.45) is 13.0 Å². The van der Waals surface area contributed by atoms with Crippen LogP contribution in [0.5, 0.6) is 0 Å². The van der Waals surface area contributed by atoms with Crippen molar-refractivity contribution in [3.63, 3.8) is 0 Å². The van der Waals surface area contributed by atoms with E-state index in [0.717, 1.165) is 31.6 Å². The van der Waals surface area contributed by atoms with Gasteiger partial charge in [0.15, 0.2) is 0 Å². The molecule has 2 heterocycles. The maximum Gasteiger partial charge on any atom is 0.224 e. The summed E-state index contributed by atoms with van der Waals surface area (Å²) in [6.45, 7) is 2.44. The third kappa shape index (κ3) is 2.82. The molecule has 5 heteroatoms. The Bertz CT molecular complexity index is 355. The lowest BCUT2D eigenvalue weighted by atomic mass is 10.1. The molecule has 1 fully saturated rings. The average molecular weight is 222 g/mol. The van der Waals surface area contributed by atoms with Gasteiger partial charge in [-0.1, -0.05) is 0 Å². The van der Waals surface area contributed by atoms with Crippen LogP contribution >= 0.6 is 0 Å². The molecule has 0 aliphatic carbocycles. The number of carbonyl (C=O) groups excluding carboxylic acids is 1. The number of hydrogen-bond donors (Lipinski definition) is 2. The highest BCUT2D eigenvalue weighted by Crippen LogP contribution is 2.06. The number of aromatic nitrogens is 2. The van der Waals surface area contributed by atoms with E-state index in [9.17, 15) is 4.79 Å². The van der Waals surface area contributed by atoms with Crippen molar-refractivity contribution in [3.05, 3.63) is 18.0 Å². The number of amides is 1. The first kappa shape index (κ1) is 11.1. The number of rotatable bonds is 4. The molecule has 1 aromatic rings. The monoisotopic (exact) mass is 222 g/mol. The normalized spacial score (nSPS) is 19.9. The van der Waals surface area contributed by atoms with Crippen molar-refractivity contribution in [2.75, 3.05) is 19.6 Å². The van der Waals surface area contributed by atoms with Crippen LogP contribution in [0, 0.1) is 5.92 Å². The molecule has 0 spiro atoms. The lowest BCUT2D eigenvalue weighted by molar-refractivity contribution is -0.124. The van der Waals surface area contributed by atoms with E-state index in [-0.39, 0.29) is 11.8 Å². The maximum atomic E-state index is 11.7. The Kier molecular flexibility index (Phi) is 3.56. The van der Waals surface area contributed by atoms with Gasteiger partial charge in [-0.2, -0.15) is 5.10 Å². The van der Waals surface area contributed by atoms with Gasteiger partial charge < -0.3 is 10.6 Å². The van der Waals surface area contributed by atoms with Gasteiger partial charge in [0.05, 0.1) is 11.6 Å². The molecule has 1 atom stereocenters. The van der Waals surface area contributed by atoms with E-state index in [4.69, 9.17) is 0 Å². The summed E-state index contributed by atoms with van der Waals surface area (Å²) in [5, 5.41) is 10.4. The molecule has 2 N–H and O–H groups in total. The Labute approximate surface area is 95.2 Å². The highest BCUT2D eigenvalue weighted by molar-refractivity contribution is 5.79. The zero-order valence-corrected chi connectivity index (χ0v) is 9.57. The van der Waals surface area contributed by atoms with Crippen LogP contribution < -0.4 is 10.6 Å². The fourth-order valence-electron chi connectivity index (χ4n) is 1.93. The summed E-state index contributed by atoms with van der Waals surface area (Å²) in [5.41, 5.74) is 1.02. The van der Waals surface area contributed by atoms with Crippen molar-refractivity contribution in [2.45, 2.75) is 12.8 Å². The average Bonchev–Trinajstić information content (AvgIpc) is 2.89. The first-order chi connectivity index (χ1) is 7.75. The number of nitrogens with zero attached hydrogens (tertiary/aromatic N) is 2. The third-order valence-electron chi connectivity index (χ3n) is 2.88. The molecule has 88 valence electrons. The second-order valence-electron chi connectivity index (χ2n) is 4.21. The summed E-state index contributed by atoms with van der Waals surface area (Å²) in [6, 6.07) is 1.98. The quantitative estimate of drug-likeness (QED) is 0.734. The minimum atomic E-state index is 0.156. The first-order valence-corrected chi connectivity index (χ1v) is 5.72. The van der Waals surface area contributed by atoms with Crippen LogP contribution in [0.25, 0.3) is 0 Å². The Hall–Kier alpha value is -1.36. The largest absolute Gasteiger partial charge is 0.355 e. The number of nitrogens with one attached hydrogen (secondary N) is 2. The van der Waals surface area contributed by atoms with Gasteiger partial charge in [0, 0.05) is 32.8 Å². The van der Waals surface area contributed by atoms with E-state index in [1.165, 1.54) is 0 Å². The SMILES string of the molecule is Cn1ccc(CCNC(=O)C2CCNC2)n1. The van der Waals surface area contributed by atoms with Gasteiger partial charge in [-0.25, -0.2) is 0 Å². The topological polar surface area (TPSA) is 59.0 Å². The van der Waals surface area contributed by atoms with Crippen LogP contribution in [0.3, 0.4) is 0 Å². The van der Waals surface area contributed by atoms with Crippen LogP contribution in [-0.2, 0) is 18.3 Å². The molecule has 1 aliphatic rings. The summed E-state index contributed by atoms with van der Waals surface area (Å²) < 4.78 is 1.78. The number of carbonyl (C=O) groups is 1. The van der Waals surface area contributed by atoms with Gasteiger partial charge in [-0.05, 0) is 19.0 Å². The molecule has 2 rings (SSSR count). The highest BCUT2D eigenvalue weighted by atomic mass is 16.1. The molecule has 16 heavy (non-hydrogen) atoms. The fraction of sp³-hybridized carbons (Fsp3) is 0.636. The lowest BCUT2D eigenvalue weighted by Gasteiger charge is -2.08. The Morgan fingerprint density at radius 1 is 1.75 bits per heavy atom. The molecule has 1 unspecified atom stereocenters. The summed E-state index contributed by atoms with van der Waals surface area (Å²) in [7, 11) is 1.90. The van der Waals surface area contributed by atoms with Gasteiger partial charge in [-0.3, -0.25) is 9.48 Å². The standard InChI is InChI=1S/C11H18N4O/c1-15-7-4-10(14-15)3-6-13-11(16)9-2-5-12-8-9/h4,7,9,12H,2-3,5-6,8H2,1H3,(H,13,16). The van der Waals surface area contributed by atoms with E-state index >= 15 is 0 Å². The van der Waals surface area contributed by atoms with Crippen LogP contribution in [0.2, 0.25) is 0 Å². The fourth-order valence-corrected chi connectivity index (χ4v) is 1.93. The lowest BCUT2D eigenvalue weighted by Crippen LogP contribution is -2.33. The van der Waals surface area contributed by atoms with E-state index < -0.39 is 0 Å². The molecule has 1 saturated heterocycles. The molecular weight excluding hydrogens is 204 g/mol. The van der Waals surface area contributed by atoms with Crippen molar-refractivity contribution in [1.29, 1.82) is 0 Å². The Morgan fingerprint density at radius 3 is 3.25 bits per heavy atom. The zero-order valence-electron chi connectivity index (χ0n) is 9.57. The van der Waals surface area contributed by atoms with Crippen molar-refractivity contribution in [3.8, 4) is 0 Å². The molecule has 1 aliphatic heterocycles. The number of hydrogen-bond acceptors (Lipinski definition) is 3. The molecule has 0 saturated carbocycles. The van der Waals surface area contributed by atoms with Crippen LogP contribution in [0.15, 0.2) is 12.3 Å². The Morgan fingerprint density at radius 2 is 2.62 bits per heavy atom. The van der Waals surface area contributed by atoms with Gasteiger partial charge >= 0.3 is 0 Å². The molecule has 0 aromatic carbocycles. The van der Waals surface area contributed by atoms with Crippen molar-refractivity contribution < 1.29 is 4.79 Å². The molecule has 0 radical (unpaired) electrons. The first-order valence-electron chi connectivity index (χ1n) is 5.72. The molecule has 1 aromatic heterocycles. The van der Waals surface area contributed by atoms with Gasteiger partial charge in [0.25, 0.3) is 0 Å². The van der Waals surface area contributed by atoms with E-state index in [2.05, 4.69) is 15.7 Å². The molecule has 0 bridgehead atoms. The van der Waals surface area contributed by atoms with Crippen molar-refractivity contribution >= 4 is 5.91 Å². The van der Waals surface area contributed by atoms with Gasteiger partial charge in [-0.15, -0.1) is 0 Å². The number of aryl methyl sites for hydroxylation is 1. The maximum absolute atomic E-state index is 11.7. The molecule has 5 nitrogen and oxygen atoms in total. The Balaban J connectivity index is 1.69. The predicted molar refractivity (Wildman–Crippen MR) is 60.9 cm³/mol. The minimum absolute atomic E-state index is 0.156. The molecular formula is C11H18N4O. The van der Waals surface area contributed by atoms with Gasteiger partial charge in [0.2, 0.25) is 5.91 Å². The zero-order chi connectivity index (χ0) is 11.4. The second-order valence-corrected chi connectivity index (χ2v) is 4.21. The summed E-state index contributed by atoms with van der Waals surface area (Å²) in [4.78, 5) is 11.7. The van der Waals surface area contributed by atoms with E-state index in [1.807, 2.05) is 19.3 Å². The summed E-state index contributed by atoms with van der Waals surface area (Å²) in [6.07, 6.45) is 3.67. The summed E-state index contributed by atoms with van der Waals surface area (Å²) in [5.74, 6) is 0.324. The summed E-state index contributed by atoms with van der Waals surface area (Å²) >= 11 is 0. The smallest absolute Gasteiger partial charge is 0.224 e. The highest BCUT2D eigenvalue weighted by Gasteiger charge is 2.21. The minimum Gasteiger partial charge on any atom is -0.355 e. The van der Waals surface area contributed by atoms with Gasteiger partial charge in [0.1, 0.15) is 0 Å². The van der Waals surface area contributed by atoms with E-state index in [1.54, 1.807) is 4.68 Å². The molecule has 1 amide bonds. The van der Waals surface area contributed by atoms with Crippen molar-refractivity contribution in [1.82, 2.24) is 20.4 Å². The van der Waals surface area contributed by atoms with Crippen LogP contribution in [0.1, 0.15) is 12.1 Å². The third-order valence-corrected chi connectivity index (χ3v) is 2.88. The second kappa shape index (κ2) is 5.12. The van der Waals surface area contributed by atoms with Crippen LogP contribution in [0.4, 0.5) is 0 Å². The van der Waals surface area contributed by atoms with E-state index in [0.29, 0.717) is 6.54 Å². The predicted octanol–water partition coefficient (Wildman–Crippen LogP) is -0.312.